The van der Waals surface area contributed by atoms with E-state index in [1.165, 1.54) is 22.3 Å². The first kappa shape index (κ1) is 14.0. The van der Waals surface area contributed by atoms with Gasteiger partial charge in [0.1, 0.15) is 0 Å². The molecule has 2 aliphatic carbocycles. The van der Waals surface area contributed by atoms with E-state index in [9.17, 15) is 4.79 Å². The minimum atomic E-state index is -0.126. The summed E-state index contributed by atoms with van der Waals surface area (Å²) in [6.45, 7) is 4.49. The number of benzene rings is 3. The standard InChI is InChI=1S/C22H15ClO/c1-22(2)18-6-4-3-5-13(18)15-9-10-16-19(20(15)22)14-8-7-12(23)11-17(14)21(16)24/h3-11H,1-2H3. The molecule has 0 aromatic heterocycles. The molecule has 0 radical (unpaired) electrons. The molecular formula is C22H15ClO. The molecule has 3 aromatic carbocycles. The van der Waals surface area contributed by atoms with Gasteiger partial charge in [-0.15, -0.1) is 0 Å². The van der Waals surface area contributed by atoms with Gasteiger partial charge in [0.15, 0.2) is 5.78 Å². The van der Waals surface area contributed by atoms with Crippen molar-refractivity contribution in [1.29, 1.82) is 0 Å². The molecule has 5 rings (SSSR count). The first-order chi connectivity index (χ1) is 11.5. The van der Waals surface area contributed by atoms with Crippen LogP contribution in [0.1, 0.15) is 40.9 Å². The molecule has 0 saturated carbocycles. The molecule has 0 bridgehead atoms. The summed E-state index contributed by atoms with van der Waals surface area (Å²) in [7, 11) is 0. The van der Waals surface area contributed by atoms with E-state index in [-0.39, 0.29) is 11.2 Å². The van der Waals surface area contributed by atoms with E-state index in [4.69, 9.17) is 11.6 Å². The Morgan fingerprint density at radius 2 is 1.50 bits per heavy atom. The Morgan fingerprint density at radius 1 is 0.792 bits per heavy atom. The van der Waals surface area contributed by atoms with Gasteiger partial charge in [0.25, 0.3) is 0 Å². The molecule has 0 N–H and O–H groups in total. The van der Waals surface area contributed by atoms with Gasteiger partial charge in [-0.3, -0.25) is 4.79 Å². The van der Waals surface area contributed by atoms with E-state index in [0.29, 0.717) is 5.02 Å². The third-order valence-electron chi connectivity index (χ3n) is 5.46. The van der Waals surface area contributed by atoms with Crippen LogP contribution in [0.2, 0.25) is 5.02 Å². The normalized spacial score (nSPS) is 15.7. The average Bonchev–Trinajstić information content (AvgIpc) is 2.98. The highest BCUT2D eigenvalue weighted by atomic mass is 35.5. The van der Waals surface area contributed by atoms with Crippen molar-refractivity contribution in [2.24, 2.45) is 0 Å². The van der Waals surface area contributed by atoms with Crippen LogP contribution >= 0.6 is 11.6 Å². The lowest BCUT2D eigenvalue weighted by Crippen LogP contribution is -2.16. The molecule has 0 heterocycles. The Morgan fingerprint density at radius 3 is 2.33 bits per heavy atom. The number of rotatable bonds is 0. The summed E-state index contributed by atoms with van der Waals surface area (Å²) in [5, 5.41) is 0.606. The Hall–Kier alpha value is -2.38. The lowest BCUT2D eigenvalue weighted by Gasteiger charge is -2.24. The molecule has 116 valence electrons. The molecule has 0 spiro atoms. The molecule has 2 heteroatoms. The number of hydrogen-bond donors (Lipinski definition) is 0. The number of ketones is 1. The van der Waals surface area contributed by atoms with E-state index >= 15 is 0 Å². The quantitative estimate of drug-likeness (QED) is 0.395. The van der Waals surface area contributed by atoms with Crippen LogP contribution in [0.4, 0.5) is 0 Å². The minimum absolute atomic E-state index is 0.0806. The molecular weight excluding hydrogens is 316 g/mol. The molecule has 0 unspecified atom stereocenters. The van der Waals surface area contributed by atoms with Crippen LogP contribution in [0.15, 0.2) is 54.6 Å². The second-order valence-corrected chi connectivity index (χ2v) is 7.54. The largest absolute Gasteiger partial charge is 0.289 e. The SMILES string of the molecule is CC1(C)c2ccccc2-c2ccc3c(c21)-c1ccc(Cl)cc1C3=O. The predicted molar refractivity (Wildman–Crippen MR) is 97.9 cm³/mol. The highest BCUT2D eigenvalue weighted by Crippen LogP contribution is 2.55. The monoisotopic (exact) mass is 330 g/mol. The van der Waals surface area contributed by atoms with Gasteiger partial charge in [-0.05, 0) is 51.6 Å². The first-order valence-electron chi connectivity index (χ1n) is 8.12. The van der Waals surface area contributed by atoms with Crippen molar-refractivity contribution in [2.45, 2.75) is 19.3 Å². The smallest absolute Gasteiger partial charge is 0.194 e. The summed E-state index contributed by atoms with van der Waals surface area (Å²) >= 11 is 6.13. The number of carbonyl (C=O) groups is 1. The maximum atomic E-state index is 12.9. The molecule has 3 aromatic rings. The molecule has 2 aliphatic rings. The van der Waals surface area contributed by atoms with Gasteiger partial charge in [0, 0.05) is 21.6 Å². The van der Waals surface area contributed by atoms with Crippen molar-refractivity contribution in [2.75, 3.05) is 0 Å². The van der Waals surface area contributed by atoms with Crippen molar-refractivity contribution in [3.63, 3.8) is 0 Å². The molecule has 0 saturated heterocycles. The maximum absolute atomic E-state index is 12.9. The summed E-state index contributed by atoms with van der Waals surface area (Å²) in [6, 6.07) is 18.3. The van der Waals surface area contributed by atoms with Crippen LogP contribution in [0.3, 0.4) is 0 Å². The van der Waals surface area contributed by atoms with E-state index in [2.05, 4.69) is 44.2 Å². The van der Waals surface area contributed by atoms with Crippen molar-refractivity contribution in [3.05, 3.63) is 81.9 Å². The van der Waals surface area contributed by atoms with Gasteiger partial charge in [-0.1, -0.05) is 61.8 Å². The van der Waals surface area contributed by atoms with Crippen LogP contribution in [0.25, 0.3) is 22.3 Å². The van der Waals surface area contributed by atoms with Gasteiger partial charge in [0.2, 0.25) is 0 Å². The lowest BCUT2D eigenvalue weighted by atomic mass is 9.78. The average molecular weight is 331 g/mol. The van der Waals surface area contributed by atoms with Crippen LogP contribution < -0.4 is 0 Å². The summed E-state index contributed by atoms with van der Waals surface area (Å²) < 4.78 is 0. The van der Waals surface area contributed by atoms with E-state index < -0.39 is 0 Å². The van der Waals surface area contributed by atoms with Crippen molar-refractivity contribution in [1.82, 2.24) is 0 Å². The summed E-state index contributed by atoms with van der Waals surface area (Å²) in [4.78, 5) is 12.9. The summed E-state index contributed by atoms with van der Waals surface area (Å²) in [5.74, 6) is 0.0806. The zero-order valence-electron chi connectivity index (χ0n) is 13.5. The van der Waals surface area contributed by atoms with Gasteiger partial charge in [-0.25, -0.2) is 0 Å². The highest BCUT2D eigenvalue weighted by molar-refractivity contribution is 6.32. The third-order valence-corrected chi connectivity index (χ3v) is 5.70. The Labute approximate surface area is 145 Å². The second-order valence-electron chi connectivity index (χ2n) is 7.10. The van der Waals surface area contributed by atoms with Gasteiger partial charge in [0.05, 0.1) is 0 Å². The van der Waals surface area contributed by atoms with Crippen LogP contribution in [0.5, 0.6) is 0 Å². The predicted octanol–water partition coefficient (Wildman–Crippen LogP) is 5.86. The Bertz CT molecular complexity index is 1060. The molecule has 0 fully saturated rings. The van der Waals surface area contributed by atoms with Gasteiger partial charge >= 0.3 is 0 Å². The molecule has 24 heavy (non-hydrogen) atoms. The summed E-state index contributed by atoms with van der Waals surface area (Å²) in [5.41, 5.74) is 8.59. The van der Waals surface area contributed by atoms with Gasteiger partial charge < -0.3 is 0 Å². The van der Waals surface area contributed by atoms with Crippen LogP contribution in [-0.4, -0.2) is 5.78 Å². The Balaban J connectivity index is 1.92. The Kier molecular flexibility index (Phi) is 2.55. The number of halogens is 1. The lowest BCUT2D eigenvalue weighted by molar-refractivity contribution is 0.104. The van der Waals surface area contributed by atoms with Crippen LogP contribution in [-0.2, 0) is 5.41 Å². The summed E-state index contributed by atoms with van der Waals surface area (Å²) in [6.07, 6.45) is 0. The van der Waals surface area contributed by atoms with Crippen molar-refractivity contribution in [3.8, 4) is 22.3 Å². The van der Waals surface area contributed by atoms with E-state index in [1.807, 2.05) is 18.2 Å². The highest BCUT2D eigenvalue weighted by Gasteiger charge is 2.41. The molecule has 0 atom stereocenters. The second kappa shape index (κ2) is 4.37. The fourth-order valence-electron chi connectivity index (χ4n) is 4.41. The first-order valence-corrected chi connectivity index (χ1v) is 8.50. The maximum Gasteiger partial charge on any atom is 0.194 e. The van der Waals surface area contributed by atoms with Crippen molar-refractivity contribution >= 4 is 17.4 Å². The van der Waals surface area contributed by atoms with Gasteiger partial charge in [-0.2, -0.15) is 0 Å². The minimum Gasteiger partial charge on any atom is -0.289 e. The zero-order valence-corrected chi connectivity index (χ0v) is 14.2. The molecule has 0 amide bonds. The number of fused-ring (bicyclic) bond motifs is 7. The van der Waals surface area contributed by atoms with E-state index in [1.54, 1.807) is 6.07 Å². The topological polar surface area (TPSA) is 17.1 Å². The van der Waals surface area contributed by atoms with Crippen LogP contribution in [0, 0.1) is 0 Å². The molecule has 1 nitrogen and oxygen atoms in total. The number of carbonyl (C=O) groups excluding carboxylic acids is 1. The molecule has 0 aliphatic heterocycles. The fourth-order valence-corrected chi connectivity index (χ4v) is 4.58. The van der Waals surface area contributed by atoms with E-state index in [0.717, 1.165) is 22.3 Å². The van der Waals surface area contributed by atoms with Crippen molar-refractivity contribution < 1.29 is 4.79 Å². The third kappa shape index (κ3) is 1.53. The fraction of sp³-hybridized carbons (Fsp3) is 0.136. The zero-order chi connectivity index (χ0) is 16.6. The number of hydrogen-bond acceptors (Lipinski definition) is 1.